The summed E-state index contributed by atoms with van der Waals surface area (Å²) in [4.78, 5) is 0. The molecule has 0 bridgehead atoms. The molecule has 1 fully saturated rings. The van der Waals surface area contributed by atoms with Crippen LogP contribution in [0.3, 0.4) is 0 Å². The summed E-state index contributed by atoms with van der Waals surface area (Å²) >= 11 is 0. The summed E-state index contributed by atoms with van der Waals surface area (Å²) in [7, 11) is 1.83. The minimum atomic E-state index is -2.41. The van der Waals surface area contributed by atoms with Crippen molar-refractivity contribution in [3.63, 3.8) is 0 Å². The Labute approximate surface area is 72.5 Å². The van der Waals surface area contributed by atoms with Gasteiger partial charge in [0, 0.05) is 18.9 Å². The lowest BCUT2D eigenvalue weighted by Crippen LogP contribution is -2.37. The van der Waals surface area contributed by atoms with Gasteiger partial charge >= 0.3 is 0 Å². The van der Waals surface area contributed by atoms with Crippen LogP contribution in [0.1, 0.15) is 32.6 Å². The van der Waals surface area contributed by atoms with Crippen molar-refractivity contribution in [1.82, 2.24) is 5.32 Å². The first kappa shape index (κ1) is 9.90. The van der Waals surface area contributed by atoms with Crippen LogP contribution >= 0.6 is 0 Å². The molecule has 0 aromatic rings. The molecule has 0 spiro atoms. The highest BCUT2D eigenvalue weighted by atomic mass is 19.3. The molecular formula is C9H17F2N. The van der Waals surface area contributed by atoms with Crippen LogP contribution in [-0.2, 0) is 0 Å². The second-order valence-corrected chi connectivity index (χ2v) is 3.79. The summed E-state index contributed by atoms with van der Waals surface area (Å²) in [5, 5.41) is 3.04. The summed E-state index contributed by atoms with van der Waals surface area (Å²) in [6, 6.07) is 0.219. The molecule has 0 saturated heterocycles. The van der Waals surface area contributed by atoms with Crippen molar-refractivity contribution in [1.29, 1.82) is 0 Å². The number of hydrogen-bond acceptors (Lipinski definition) is 1. The summed E-state index contributed by atoms with van der Waals surface area (Å²) in [6.07, 6.45) is 1.76. The minimum absolute atomic E-state index is 0.0645. The van der Waals surface area contributed by atoms with Gasteiger partial charge in [-0.2, -0.15) is 0 Å². The third-order valence-electron chi connectivity index (χ3n) is 2.84. The van der Waals surface area contributed by atoms with E-state index in [0.717, 1.165) is 6.42 Å². The Bertz CT molecular complexity index is 147. The molecule has 0 amide bonds. The Balaban J connectivity index is 2.46. The van der Waals surface area contributed by atoms with E-state index in [1.54, 1.807) is 0 Å². The Hall–Kier alpha value is -0.180. The highest BCUT2D eigenvalue weighted by Crippen LogP contribution is 2.37. The first-order valence-electron chi connectivity index (χ1n) is 4.60. The van der Waals surface area contributed by atoms with Crippen molar-refractivity contribution < 1.29 is 8.78 Å². The van der Waals surface area contributed by atoms with E-state index < -0.39 is 5.92 Å². The zero-order valence-electron chi connectivity index (χ0n) is 7.74. The van der Waals surface area contributed by atoms with E-state index in [1.807, 2.05) is 14.0 Å². The highest BCUT2D eigenvalue weighted by molar-refractivity contribution is 4.83. The molecule has 1 aliphatic rings. The largest absolute Gasteiger partial charge is 0.317 e. The second kappa shape index (κ2) is 3.69. The van der Waals surface area contributed by atoms with Crippen molar-refractivity contribution >= 4 is 0 Å². The smallest absolute Gasteiger partial charge is 0.248 e. The molecule has 0 radical (unpaired) electrons. The van der Waals surface area contributed by atoms with Gasteiger partial charge in [0.15, 0.2) is 0 Å². The average Bonchev–Trinajstić information content (AvgIpc) is 2.01. The third-order valence-corrected chi connectivity index (χ3v) is 2.84. The normalized spacial score (nSPS) is 31.5. The Morgan fingerprint density at radius 2 is 2.17 bits per heavy atom. The van der Waals surface area contributed by atoms with Gasteiger partial charge in [0.2, 0.25) is 5.92 Å². The molecule has 1 saturated carbocycles. The standard InChI is InChI=1S/C9H17F2N/c1-7(12-2)8-4-3-5-9(10,11)6-8/h7-8,12H,3-6H2,1-2H3. The summed E-state index contributed by atoms with van der Waals surface area (Å²) in [6.45, 7) is 1.98. The minimum Gasteiger partial charge on any atom is -0.317 e. The van der Waals surface area contributed by atoms with Gasteiger partial charge in [-0.15, -0.1) is 0 Å². The first-order valence-corrected chi connectivity index (χ1v) is 4.60. The van der Waals surface area contributed by atoms with Gasteiger partial charge < -0.3 is 5.32 Å². The van der Waals surface area contributed by atoms with E-state index in [1.165, 1.54) is 0 Å². The van der Waals surface area contributed by atoms with E-state index in [4.69, 9.17) is 0 Å². The van der Waals surface area contributed by atoms with Crippen LogP contribution in [-0.4, -0.2) is 19.0 Å². The van der Waals surface area contributed by atoms with E-state index in [0.29, 0.717) is 6.42 Å². The average molecular weight is 177 g/mol. The van der Waals surface area contributed by atoms with Gasteiger partial charge in [-0.25, -0.2) is 8.78 Å². The van der Waals surface area contributed by atoms with Crippen molar-refractivity contribution in [2.24, 2.45) is 5.92 Å². The van der Waals surface area contributed by atoms with Crippen molar-refractivity contribution in [3.05, 3.63) is 0 Å². The molecule has 0 aromatic carbocycles. The summed E-state index contributed by atoms with van der Waals surface area (Å²) in [5.74, 6) is -2.26. The number of halogens is 2. The van der Waals surface area contributed by atoms with E-state index in [9.17, 15) is 8.78 Å². The summed E-state index contributed by atoms with van der Waals surface area (Å²) < 4.78 is 25.8. The van der Waals surface area contributed by atoms with Crippen molar-refractivity contribution in [2.45, 2.75) is 44.6 Å². The van der Waals surface area contributed by atoms with Gasteiger partial charge in [0.1, 0.15) is 0 Å². The van der Waals surface area contributed by atoms with E-state index in [-0.39, 0.29) is 24.8 Å². The van der Waals surface area contributed by atoms with Gasteiger partial charge in [0.25, 0.3) is 0 Å². The van der Waals surface area contributed by atoms with Crippen LogP contribution in [0.4, 0.5) is 8.78 Å². The van der Waals surface area contributed by atoms with Gasteiger partial charge in [0.05, 0.1) is 0 Å². The molecule has 12 heavy (non-hydrogen) atoms. The molecule has 0 aromatic heterocycles. The Morgan fingerprint density at radius 3 is 2.67 bits per heavy atom. The summed E-state index contributed by atoms with van der Waals surface area (Å²) in [5.41, 5.74) is 0. The predicted molar refractivity (Wildman–Crippen MR) is 45.4 cm³/mol. The third kappa shape index (κ3) is 2.41. The molecule has 1 N–H and O–H groups in total. The van der Waals surface area contributed by atoms with E-state index >= 15 is 0 Å². The molecule has 1 aliphatic carbocycles. The fourth-order valence-electron chi connectivity index (χ4n) is 1.87. The SMILES string of the molecule is CNC(C)C1CCCC(F)(F)C1. The molecule has 0 aliphatic heterocycles. The quantitative estimate of drug-likeness (QED) is 0.683. The van der Waals surface area contributed by atoms with Crippen LogP contribution < -0.4 is 5.32 Å². The zero-order valence-corrected chi connectivity index (χ0v) is 7.74. The zero-order chi connectivity index (χ0) is 9.19. The maximum absolute atomic E-state index is 12.9. The first-order chi connectivity index (χ1) is 5.55. The molecule has 3 heteroatoms. The molecule has 1 rings (SSSR count). The molecule has 0 heterocycles. The number of hydrogen-bond donors (Lipinski definition) is 1. The maximum Gasteiger partial charge on any atom is 0.248 e. The fourth-order valence-corrected chi connectivity index (χ4v) is 1.87. The second-order valence-electron chi connectivity index (χ2n) is 3.79. The number of nitrogens with one attached hydrogen (secondary N) is 1. The molecule has 1 nitrogen and oxygen atoms in total. The van der Waals surface area contributed by atoms with Crippen LogP contribution in [0, 0.1) is 5.92 Å². The van der Waals surface area contributed by atoms with E-state index in [2.05, 4.69) is 5.32 Å². The maximum atomic E-state index is 12.9. The number of rotatable bonds is 2. The van der Waals surface area contributed by atoms with Gasteiger partial charge in [-0.1, -0.05) is 0 Å². The lowest BCUT2D eigenvalue weighted by Gasteiger charge is -2.32. The van der Waals surface area contributed by atoms with Crippen molar-refractivity contribution in [2.75, 3.05) is 7.05 Å². The lowest BCUT2D eigenvalue weighted by molar-refractivity contribution is -0.0567. The van der Waals surface area contributed by atoms with Gasteiger partial charge in [-0.3, -0.25) is 0 Å². The van der Waals surface area contributed by atoms with Crippen LogP contribution in [0.2, 0.25) is 0 Å². The van der Waals surface area contributed by atoms with Crippen LogP contribution in [0.5, 0.6) is 0 Å². The Morgan fingerprint density at radius 1 is 1.50 bits per heavy atom. The van der Waals surface area contributed by atoms with Crippen molar-refractivity contribution in [3.8, 4) is 0 Å². The van der Waals surface area contributed by atoms with Crippen LogP contribution in [0.25, 0.3) is 0 Å². The predicted octanol–water partition coefficient (Wildman–Crippen LogP) is 2.42. The number of alkyl halides is 2. The fraction of sp³-hybridized carbons (Fsp3) is 1.00. The molecule has 2 unspecified atom stereocenters. The lowest BCUT2D eigenvalue weighted by atomic mass is 9.82. The van der Waals surface area contributed by atoms with Crippen LogP contribution in [0.15, 0.2) is 0 Å². The topological polar surface area (TPSA) is 12.0 Å². The molecule has 2 atom stereocenters. The molecular weight excluding hydrogens is 160 g/mol. The monoisotopic (exact) mass is 177 g/mol. The highest BCUT2D eigenvalue weighted by Gasteiger charge is 2.37. The molecule has 72 valence electrons. The Kier molecular flexibility index (Phi) is 3.04. The van der Waals surface area contributed by atoms with Gasteiger partial charge in [-0.05, 0) is 32.7 Å².